The molecular formula is C17H20N6O4. The number of carbonyl (C=O) groups excluding carboxylic acids is 1. The number of piperidine rings is 1. The summed E-state index contributed by atoms with van der Waals surface area (Å²) in [5.74, 6) is 0.956. The van der Waals surface area contributed by atoms with E-state index in [0.29, 0.717) is 35.8 Å². The fourth-order valence-electron chi connectivity index (χ4n) is 3.55. The Kier molecular flexibility index (Phi) is 3.97. The van der Waals surface area contributed by atoms with E-state index in [2.05, 4.69) is 15.1 Å². The summed E-state index contributed by atoms with van der Waals surface area (Å²) in [4.78, 5) is 46.4. The summed E-state index contributed by atoms with van der Waals surface area (Å²) in [5.41, 5.74) is 0.0777. The SMILES string of the molecule is Cc1cc(C(=O)N2CCCC(c3nc4c([nH]3)c(=O)n(C)c(=O)n4C)C2)no1. The molecule has 0 aliphatic carbocycles. The molecular weight excluding hydrogens is 352 g/mol. The van der Waals surface area contributed by atoms with Crippen LogP contribution in [0.1, 0.15) is 40.8 Å². The molecule has 1 fully saturated rings. The molecule has 1 aliphatic rings. The highest BCUT2D eigenvalue weighted by atomic mass is 16.5. The molecule has 10 heteroatoms. The predicted molar refractivity (Wildman–Crippen MR) is 95.7 cm³/mol. The van der Waals surface area contributed by atoms with Gasteiger partial charge < -0.3 is 14.4 Å². The molecule has 4 heterocycles. The molecule has 4 rings (SSSR count). The van der Waals surface area contributed by atoms with Crippen molar-refractivity contribution in [3.05, 3.63) is 44.2 Å². The number of carbonyl (C=O) groups is 1. The largest absolute Gasteiger partial charge is 0.361 e. The molecule has 0 spiro atoms. The first-order chi connectivity index (χ1) is 12.9. The van der Waals surface area contributed by atoms with Gasteiger partial charge in [0.1, 0.15) is 17.1 Å². The van der Waals surface area contributed by atoms with Crippen molar-refractivity contribution in [1.29, 1.82) is 0 Å². The third-order valence-electron chi connectivity index (χ3n) is 5.06. The first-order valence-electron chi connectivity index (χ1n) is 8.75. The number of nitrogens with zero attached hydrogens (tertiary/aromatic N) is 5. The Morgan fingerprint density at radius 2 is 2.07 bits per heavy atom. The summed E-state index contributed by atoms with van der Waals surface area (Å²) in [5, 5.41) is 3.79. The zero-order valence-electron chi connectivity index (χ0n) is 15.4. The molecule has 142 valence electrons. The standard InChI is InChI=1S/C17H20N6O4/c1-9-7-11(20-27-9)15(24)23-6-4-5-10(8-23)13-18-12-14(19-13)21(2)17(26)22(3)16(12)25/h7,10H,4-6,8H2,1-3H3,(H,18,19). The van der Waals surface area contributed by atoms with Gasteiger partial charge in [0, 0.05) is 39.2 Å². The molecule has 1 amide bonds. The van der Waals surface area contributed by atoms with E-state index in [9.17, 15) is 14.4 Å². The van der Waals surface area contributed by atoms with E-state index >= 15 is 0 Å². The number of aryl methyl sites for hydroxylation is 2. The third-order valence-corrected chi connectivity index (χ3v) is 5.06. The summed E-state index contributed by atoms with van der Waals surface area (Å²) in [6, 6.07) is 1.62. The Bertz CT molecular complexity index is 1150. The molecule has 1 saturated heterocycles. The molecule has 1 N–H and O–H groups in total. The summed E-state index contributed by atoms with van der Waals surface area (Å²) < 4.78 is 7.39. The Morgan fingerprint density at radius 1 is 1.30 bits per heavy atom. The summed E-state index contributed by atoms with van der Waals surface area (Å²) in [6.07, 6.45) is 1.64. The van der Waals surface area contributed by atoms with Gasteiger partial charge in [0.15, 0.2) is 11.3 Å². The van der Waals surface area contributed by atoms with Gasteiger partial charge in [0.05, 0.1) is 0 Å². The van der Waals surface area contributed by atoms with Gasteiger partial charge in [-0.1, -0.05) is 5.16 Å². The van der Waals surface area contributed by atoms with Crippen molar-refractivity contribution < 1.29 is 9.32 Å². The van der Waals surface area contributed by atoms with E-state index in [1.54, 1.807) is 24.9 Å². The van der Waals surface area contributed by atoms with Crippen LogP contribution in [0.5, 0.6) is 0 Å². The second-order valence-electron chi connectivity index (χ2n) is 6.94. The molecule has 1 unspecified atom stereocenters. The van der Waals surface area contributed by atoms with Gasteiger partial charge in [-0.2, -0.15) is 0 Å². The number of rotatable bonds is 2. The highest BCUT2D eigenvalue weighted by molar-refractivity contribution is 5.92. The highest BCUT2D eigenvalue weighted by Crippen LogP contribution is 2.26. The maximum atomic E-state index is 12.6. The Morgan fingerprint density at radius 3 is 2.78 bits per heavy atom. The van der Waals surface area contributed by atoms with Crippen LogP contribution in [0.15, 0.2) is 20.2 Å². The van der Waals surface area contributed by atoms with Crippen LogP contribution in [0.4, 0.5) is 0 Å². The predicted octanol–water partition coefficient (Wildman–Crippen LogP) is 0.277. The quantitative estimate of drug-likeness (QED) is 0.690. The van der Waals surface area contributed by atoms with Crippen LogP contribution in [-0.4, -0.2) is 48.2 Å². The molecule has 1 atom stereocenters. The summed E-state index contributed by atoms with van der Waals surface area (Å²) in [7, 11) is 3.02. The number of H-pyrrole nitrogens is 1. The second-order valence-corrected chi connectivity index (χ2v) is 6.94. The van der Waals surface area contributed by atoms with E-state index in [4.69, 9.17) is 4.52 Å². The van der Waals surface area contributed by atoms with Crippen molar-refractivity contribution in [3.8, 4) is 0 Å². The Balaban J connectivity index is 1.66. The molecule has 0 saturated carbocycles. The normalized spacial score (nSPS) is 17.6. The van der Waals surface area contributed by atoms with Crippen LogP contribution in [0.3, 0.4) is 0 Å². The van der Waals surface area contributed by atoms with Crippen molar-refractivity contribution in [1.82, 2.24) is 29.2 Å². The lowest BCUT2D eigenvalue weighted by molar-refractivity contribution is 0.0694. The average Bonchev–Trinajstić information content (AvgIpc) is 3.31. The van der Waals surface area contributed by atoms with Gasteiger partial charge in [-0.15, -0.1) is 0 Å². The number of hydrogen-bond acceptors (Lipinski definition) is 6. The Hall–Kier alpha value is -3.17. The first kappa shape index (κ1) is 17.3. The van der Waals surface area contributed by atoms with Gasteiger partial charge in [-0.25, -0.2) is 9.78 Å². The molecule has 3 aromatic rings. The van der Waals surface area contributed by atoms with Gasteiger partial charge in [0.25, 0.3) is 11.5 Å². The summed E-state index contributed by atoms with van der Waals surface area (Å²) >= 11 is 0. The number of hydrogen-bond donors (Lipinski definition) is 1. The lowest BCUT2D eigenvalue weighted by Gasteiger charge is -2.31. The number of fused-ring (bicyclic) bond motifs is 1. The van der Waals surface area contributed by atoms with Crippen molar-refractivity contribution in [3.63, 3.8) is 0 Å². The topological polar surface area (TPSA) is 119 Å². The lowest BCUT2D eigenvalue weighted by atomic mass is 9.97. The van der Waals surface area contributed by atoms with Crippen LogP contribution in [0.25, 0.3) is 11.2 Å². The van der Waals surface area contributed by atoms with Gasteiger partial charge >= 0.3 is 5.69 Å². The smallest absolute Gasteiger partial charge is 0.332 e. The lowest BCUT2D eigenvalue weighted by Crippen LogP contribution is -2.39. The zero-order chi connectivity index (χ0) is 19.3. The number of aromatic amines is 1. The van der Waals surface area contributed by atoms with Crippen LogP contribution in [0.2, 0.25) is 0 Å². The van der Waals surface area contributed by atoms with Crippen LogP contribution in [-0.2, 0) is 14.1 Å². The minimum absolute atomic E-state index is 0.0529. The zero-order valence-corrected chi connectivity index (χ0v) is 15.4. The van der Waals surface area contributed by atoms with E-state index in [1.165, 1.54) is 11.6 Å². The molecule has 0 bridgehead atoms. The minimum atomic E-state index is -0.424. The minimum Gasteiger partial charge on any atom is -0.361 e. The number of nitrogens with one attached hydrogen (secondary N) is 1. The molecule has 0 radical (unpaired) electrons. The van der Waals surface area contributed by atoms with E-state index in [0.717, 1.165) is 17.4 Å². The van der Waals surface area contributed by atoms with Crippen molar-refractivity contribution >= 4 is 17.1 Å². The maximum absolute atomic E-state index is 12.6. The van der Waals surface area contributed by atoms with Gasteiger partial charge in [0.2, 0.25) is 0 Å². The average molecular weight is 372 g/mol. The Labute approximate surface area is 153 Å². The van der Waals surface area contributed by atoms with Crippen molar-refractivity contribution in [2.24, 2.45) is 14.1 Å². The van der Waals surface area contributed by atoms with Crippen LogP contribution >= 0.6 is 0 Å². The maximum Gasteiger partial charge on any atom is 0.332 e. The second kappa shape index (κ2) is 6.22. The highest BCUT2D eigenvalue weighted by Gasteiger charge is 2.29. The molecule has 1 aliphatic heterocycles. The van der Waals surface area contributed by atoms with E-state index < -0.39 is 11.2 Å². The van der Waals surface area contributed by atoms with Gasteiger partial charge in [-0.05, 0) is 19.8 Å². The molecule has 27 heavy (non-hydrogen) atoms. The summed E-state index contributed by atoms with van der Waals surface area (Å²) in [6.45, 7) is 2.82. The van der Waals surface area contributed by atoms with Crippen molar-refractivity contribution in [2.45, 2.75) is 25.7 Å². The number of aromatic nitrogens is 5. The number of likely N-dealkylation sites (tertiary alicyclic amines) is 1. The molecule has 0 aromatic carbocycles. The fraction of sp³-hybridized carbons (Fsp3) is 0.471. The van der Waals surface area contributed by atoms with Crippen molar-refractivity contribution in [2.75, 3.05) is 13.1 Å². The van der Waals surface area contributed by atoms with Gasteiger partial charge in [-0.3, -0.25) is 18.7 Å². The monoisotopic (exact) mass is 372 g/mol. The number of amides is 1. The van der Waals surface area contributed by atoms with Crippen LogP contribution in [0, 0.1) is 6.92 Å². The molecule has 3 aromatic heterocycles. The van der Waals surface area contributed by atoms with Crippen LogP contribution < -0.4 is 11.2 Å². The van der Waals surface area contributed by atoms with E-state index in [1.807, 2.05) is 0 Å². The first-order valence-corrected chi connectivity index (χ1v) is 8.75. The number of imidazole rings is 1. The molecule has 10 nitrogen and oxygen atoms in total. The van der Waals surface area contributed by atoms with E-state index in [-0.39, 0.29) is 17.5 Å². The fourth-order valence-corrected chi connectivity index (χ4v) is 3.55. The third kappa shape index (κ3) is 2.77.